The van der Waals surface area contributed by atoms with Crippen LogP contribution in [0.25, 0.3) is 5.57 Å². The quantitative estimate of drug-likeness (QED) is 0.604. The third-order valence-electron chi connectivity index (χ3n) is 1.39. The molecule has 1 aromatic heterocycles. The smallest absolute Gasteiger partial charge is 0.0934 e. The number of thiophene rings is 1. The van der Waals surface area contributed by atoms with Crippen LogP contribution in [0.3, 0.4) is 0 Å². The maximum atomic E-state index is 5.75. The number of hydrogen-bond acceptors (Lipinski definition) is 1. The average molecular weight is 173 g/mol. The van der Waals surface area contributed by atoms with Crippen molar-refractivity contribution in [3.8, 4) is 0 Å². The van der Waals surface area contributed by atoms with Gasteiger partial charge in [-0.15, -0.1) is 11.3 Å². The molecule has 1 rings (SSSR count). The highest BCUT2D eigenvalue weighted by Gasteiger charge is 1.97. The van der Waals surface area contributed by atoms with Crippen molar-refractivity contribution in [3.63, 3.8) is 0 Å². The second-order valence-corrected chi connectivity index (χ2v) is 3.79. The second kappa shape index (κ2) is 3.22. The van der Waals surface area contributed by atoms with E-state index in [1.54, 1.807) is 11.3 Å². The lowest BCUT2D eigenvalue weighted by Gasteiger charge is -1.90. The van der Waals surface area contributed by atoms with E-state index in [2.05, 4.69) is 13.0 Å². The largest absolute Gasteiger partial charge is 0.124 e. The molecule has 1 heterocycles. The maximum absolute atomic E-state index is 5.75. The highest BCUT2D eigenvalue weighted by atomic mass is 35.5. The van der Waals surface area contributed by atoms with E-state index in [0.29, 0.717) is 0 Å². The van der Waals surface area contributed by atoms with Crippen molar-refractivity contribution >= 4 is 28.5 Å². The zero-order chi connectivity index (χ0) is 7.56. The number of rotatable bonds is 1. The van der Waals surface area contributed by atoms with Crippen LogP contribution < -0.4 is 0 Å². The number of allylic oxidation sites excluding steroid dienone is 2. The van der Waals surface area contributed by atoms with Crippen molar-refractivity contribution in [1.82, 2.24) is 0 Å². The summed E-state index contributed by atoms with van der Waals surface area (Å²) in [6, 6.07) is 3.97. The van der Waals surface area contributed by atoms with Gasteiger partial charge in [-0.1, -0.05) is 17.7 Å². The summed E-state index contributed by atoms with van der Waals surface area (Å²) in [4.78, 5) is 1.26. The van der Waals surface area contributed by atoms with Crippen LogP contribution in [-0.2, 0) is 0 Å². The van der Waals surface area contributed by atoms with Gasteiger partial charge in [-0.3, -0.25) is 0 Å². The summed E-state index contributed by atoms with van der Waals surface area (Å²) in [5, 5.41) is 0. The van der Waals surface area contributed by atoms with Gasteiger partial charge in [0.15, 0.2) is 0 Å². The number of hydrogen-bond donors (Lipinski definition) is 0. The van der Waals surface area contributed by atoms with Gasteiger partial charge in [-0.05, 0) is 31.6 Å². The van der Waals surface area contributed by atoms with Gasteiger partial charge in [0.1, 0.15) is 0 Å². The monoisotopic (exact) mass is 172 g/mol. The van der Waals surface area contributed by atoms with Crippen LogP contribution in [0, 0.1) is 0 Å². The van der Waals surface area contributed by atoms with Gasteiger partial charge in [0, 0.05) is 4.88 Å². The number of halogens is 1. The molecule has 0 aliphatic rings. The molecule has 0 aliphatic heterocycles. The Morgan fingerprint density at radius 3 is 2.70 bits per heavy atom. The summed E-state index contributed by atoms with van der Waals surface area (Å²) < 4.78 is 0.858. The Morgan fingerprint density at radius 2 is 2.30 bits per heavy atom. The van der Waals surface area contributed by atoms with Crippen LogP contribution in [0.1, 0.15) is 18.7 Å². The topological polar surface area (TPSA) is 0 Å². The van der Waals surface area contributed by atoms with Gasteiger partial charge in [-0.2, -0.15) is 0 Å². The summed E-state index contributed by atoms with van der Waals surface area (Å²) in [6.07, 6.45) is 2.09. The first-order valence-electron chi connectivity index (χ1n) is 3.12. The lowest BCUT2D eigenvalue weighted by molar-refractivity contribution is 1.64. The van der Waals surface area contributed by atoms with E-state index >= 15 is 0 Å². The van der Waals surface area contributed by atoms with E-state index in [9.17, 15) is 0 Å². The van der Waals surface area contributed by atoms with Gasteiger partial charge in [-0.25, -0.2) is 0 Å². The predicted molar refractivity (Wildman–Crippen MR) is 48.7 cm³/mol. The van der Waals surface area contributed by atoms with Crippen molar-refractivity contribution in [2.75, 3.05) is 0 Å². The highest BCUT2D eigenvalue weighted by molar-refractivity contribution is 7.17. The minimum absolute atomic E-state index is 0.858. The molecule has 1 aromatic rings. The highest BCUT2D eigenvalue weighted by Crippen LogP contribution is 2.26. The molecule has 54 valence electrons. The maximum Gasteiger partial charge on any atom is 0.0934 e. The molecule has 0 fully saturated rings. The Morgan fingerprint density at radius 1 is 1.60 bits per heavy atom. The Bertz CT molecular complexity index is 248. The zero-order valence-electron chi connectivity index (χ0n) is 6.02. The molecular weight excluding hydrogens is 164 g/mol. The van der Waals surface area contributed by atoms with Crippen molar-refractivity contribution in [1.29, 1.82) is 0 Å². The Hall–Kier alpha value is -0.270. The van der Waals surface area contributed by atoms with Gasteiger partial charge in [0.05, 0.1) is 4.34 Å². The minimum atomic E-state index is 0.858. The van der Waals surface area contributed by atoms with Gasteiger partial charge in [0.25, 0.3) is 0 Å². The molecule has 10 heavy (non-hydrogen) atoms. The van der Waals surface area contributed by atoms with Crippen LogP contribution in [0.5, 0.6) is 0 Å². The van der Waals surface area contributed by atoms with Crippen LogP contribution >= 0.6 is 22.9 Å². The average Bonchev–Trinajstić information content (AvgIpc) is 2.34. The molecule has 0 aromatic carbocycles. The van der Waals surface area contributed by atoms with Crippen molar-refractivity contribution < 1.29 is 0 Å². The molecule has 0 aliphatic carbocycles. The van der Waals surface area contributed by atoms with E-state index < -0.39 is 0 Å². The molecule has 0 nitrogen and oxygen atoms in total. The molecule has 0 spiro atoms. The summed E-state index contributed by atoms with van der Waals surface area (Å²) in [6.45, 7) is 4.12. The SMILES string of the molecule is CC=C(C)c1ccc(Cl)s1. The summed E-state index contributed by atoms with van der Waals surface area (Å²) in [5.74, 6) is 0. The van der Waals surface area contributed by atoms with E-state index in [4.69, 9.17) is 11.6 Å². The molecule has 0 N–H and O–H groups in total. The molecule has 0 saturated carbocycles. The predicted octanol–water partition coefficient (Wildman–Crippen LogP) is 3.82. The molecule has 0 bridgehead atoms. The Kier molecular flexibility index (Phi) is 2.52. The van der Waals surface area contributed by atoms with Gasteiger partial charge in [0.2, 0.25) is 0 Å². The molecule has 0 unspecified atom stereocenters. The first kappa shape index (κ1) is 7.83. The van der Waals surface area contributed by atoms with Crippen LogP contribution in [0.4, 0.5) is 0 Å². The first-order valence-corrected chi connectivity index (χ1v) is 4.32. The first-order chi connectivity index (χ1) is 4.74. The molecular formula is C8H9ClS. The van der Waals surface area contributed by atoms with E-state index in [1.807, 2.05) is 19.1 Å². The lowest BCUT2D eigenvalue weighted by Crippen LogP contribution is -1.66. The van der Waals surface area contributed by atoms with Gasteiger partial charge >= 0.3 is 0 Å². The third kappa shape index (κ3) is 1.61. The third-order valence-corrected chi connectivity index (χ3v) is 2.76. The van der Waals surface area contributed by atoms with Crippen molar-refractivity contribution in [2.45, 2.75) is 13.8 Å². The van der Waals surface area contributed by atoms with E-state index in [0.717, 1.165) is 4.34 Å². The summed E-state index contributed by atoms with van der Waals surface area (Å²) in [7, 11) is 0. The van der Waals surface area contributed by atoms with Gasteiger partial charge < -0.3 is 0 Å². The lowest BCUT2D eigenvalue weighted by atomic mass is 10.2. The summed E-state index contributed by atoms with van der Waals surface area (Å²) >= 11 is 7.37. The molecule has 0 saturated heterocycles. The van der Waals surface area contributed by atoms with Crippen LogP contribution in [0.2, 0.25) is 4.34 Å². The second-order valence-electron chi connectivity index (χ2n) is 2.08. The fourth-order valence-electron chi connectivity index (χ4n) is 0.668. The van der Waals surface area contributed by atoms with Crippen LogP contribution in [-0.4, -0.2) is 0 Å². The van der Waals surface area contributed by atoms with Crippen molar-refractivity contribution in [2.24, 2.45) is 0 Å². The Balaban J connectivity index is 2.95. The zero-order valence-corrected chi connectivity index (χ0v) is 7.59. The summed E-state index contributed by atoms with van der Waals surface area (Å²) in [5.41, 5.74) is 1.29. The fraction of sp³-hybridized carbons (Fsp3) is 0.250. The Labute approximate surface area is 70.1 Å². The molecule has 0 radical (unpaired) electrons. The van der Waals surface area contributed by atoms with Crippen molar-refractivity contribution in [3.05, 3.63) is 27.4 Å². The minimum Gasteiger partial charge on any atom is -0.124 e. The molecule has 0 amide bonds. The van der Waals surface area contributed by atoms with Crippen LogP contribution in [0.15, 0.2) is 18.2 Å². The molecule has 2 heteroatoms. The standard InChI is InChI=1S/C8H9ClS/c1-3-6(2)7-4-5-8(9)10-7/h3-5H,1-2H3. The fourth-order valence-corrected chi connectivity index (χ4v) is 1.74. The van der Waals surface area contributed by atoms with E-state index in [1.165, 1.54) is 10.5 Å². The molecule has 0 atom stereocenters. The normalized spacial score (nSPS) is 12.1. The van der Waals surface area contributed by atoms with E-state index in [-0.39, 0.29) is 0 Å².